The Balaban J connectivity index is 1.75. The summed E-state index contributed by atoms with van der Waals surface area (Å²) in [5, 5.41) is 0. The van der Waals surface area contributed by atoms with E-state index in [0.29, 0.717) is 0 Å². The Morgan fingerprint density at radius 1 is 1.04 bits per heavy atom. The molecule has 1 aromatic carbocycles. The molecule has 0 bridgehead atoms. The van der Waals surface area contributed by atoms with Crippen molar-refractivity contribution >= 4 is 0 Å². The van der Waals surface area contributed by atoms with E-state index in [1.807, 2.05) is 0 Å². The standard InChI is InChI=1S/C25H42N2/c1-6-9-21-14-17-27(19-21)23-12-15-25(16-13-23,26(4)5)24-11-10-20(7-2)18-22(24)8-3/h10-11,18,21,23H,6-9,12-17,19H2,1-5H3. The minimum absolute atomic E-state index is 0.233. The fraction of sp³-hybridized carbons (Fsp3) is 0.760. The minimum Gasteiger partial charge on any atom is -0.300 e. The van der Waals surface area contributed by atoms with Gasteiger partial charge in [-0.15, -0.1) is 0 Å². The summed E-state index contributed by atoms with van der Waals surface area (Å²) in [7, 11) is 4.61. The summed E-state index contributed by atoms with van der Waals surface area (Å²) in [6.07, 6.45) is 11.8. The number of hydrogen-bond donors (Lipinski definition) is 0. The van der Waals surface area contributed by atoms with Crippen molar-refractivity contribution in [1.82, 2.24) is 9.80 Å². The van der Waals surface area contributed by atoms with Gasteiger partial charge >= 0.3 is 0 Å². The van der Waals surface area contributed by atoms with Crippen molar-refractivity contribution in [3.05, 3.63) is 34.9 Å². The summed E-state index contributed by atoms with van der Waals surface area (Å²) in [5.74, 6) is 0.962. The lowest BCUT2D eigenvalue weighted by Crippen LogP contribution is -2.48. The highest BCUT2D eigenvalue weighted by Gasteiger charge is 2.42. The van der Waals surface area contributed by atoms with E-state index in [-0.39, 0.29) is 5.54 Å². The zero-order valence-electron chi connectivity index (χ0n) is 18.6. The van der Waals surface area contributed by atoms with E-state index in [1.54, 1.807) is 11.1 Å². The van der Waals surface area contributed by atoms with Crippen LogP contribution in [0.25, 0.3) is 0 Å². The fourth-order valence-corrected chi connectivity index (χ4v) is 5.85. The minimum atomic E-state index is 0.233. The molecule has 0 amide bonds. The molecule has 0 N–H and O–H groups in total. The lowest BCUT2D eigenvalue weighted by molar-refractivity contribution is 0.0548. The van der Waals surface area contributed by atoms with Gasteiger partial charge in [-0.2, -0.15) is 0 Å². The molecule has 1 heterocycles. The van der Waals surface area contributed by atoms with E-state index >= 15 is 0 Å². The van der Waals surface area contributed by atoms with E-state index in [2.05, 4.69) is 62.9 Å². The van der Waals surface area contributed by atoms with Crippen LogP contribution < -0.4 is 0 Å². The van der Waals surface area contributed by atoms with Crippen LogP contribution in [-0.2, 0) is 18.4 Å². The maximum Gasteiger partial charge on any atom is 0.0458 e. The van der Waals surface area contributed by atoms with Gasteiger partial charge in [0, 0.05) is 18.1 Å². The summed E-state index contributed by atoms with van der Waals surface area (Å²) < 4.78 is 0. The molecule has 1 aliphatic heterocycles. The largest absolute Gasteiger partial charge is 0.300 e. The van der Waals surface area contributed by atoms with Crippen LogP contribution in [0, 0.1) is 5.92 Å². The van der Waals surface area contributed by atoms with Crippen molar-refractivity contribution in [1.29, 1.82) is 0 Å². The van der Waals surface area contributed by atoms with Gasteiger partial charge < -0.3 is 4.90 Å². The molecule has 152 valence electrons. The monoisotopic (exact) mass is 370 g/mol. The normalized spacial score (nSPS) is 29.6. The first-order chi connectivity index (χ1) is 13.0. The molecule has 2 heteroatoms. The van der Waals surface area contributed by atoms with Crippen LogP contribution in [-0.4, -0.2) is 43.0 Å². The molecule has 1 saturated carbocycles. The number of nitrogens with zero attached hydrogens (tertiary/aromatic N) is 2. The first kappa shape index (κ1) is 20.9. The van der Waals surface area contributed by atoms with Gasteiger partial charge in [0.15, 0.2) is 0 Å². The molecule has 1 aromatic rings. The van der Waals surface area contributed by atoms with Crippen molar-refractivity contribution in [2.75, 3.05) is 27.2 Å². The molecule has 1 unspecified atom stereocenters. The second kappa shape index (κ2) is 9.09. The third-order valence-corrected chi connectivity index (χ3v) is 7.63. The number of hydrogen-bond acceptors (Lipinski definition) is 2. The third kappa shape index (κ3) is 4.27. The Labute approximate surface area is 168 Å². The third-order valence-electron chi connectivity index (χ3n) is 7.63. The highest BCUT2D eigenvalue weighted by Crippen LogP contribution is 2.44. The molecule has 1 atom stereocenters. The highest BCUT2D eigenvalue weighted by molar-refractivity contribution is 5.38. The van der Waals surface area contributed by atoms with E-state index in [1.165, 1.54) is 63.6 Å². The second-order valence-electron chi connectivity index (χ2n) is 9.29. The van der Waals surface area contributed by atoms with Gasteiger partial charge in [-0.1, -0.05) is 45.4 Å². The molecule has 0 spiro atoms. The second-order valence-corrected chi connectivity index (χ2v) is 9.29. The molecule has 1 aliphatic carbocycles. The van der Waals surface area contributed by atoms with Crippen LogP contribution >= 0.6 is 0 Å². The topological polar surface area (TPSA) is 6.48 Å². The maximum absolute atomic E-state index is 2.83. The lowest BCUT2D eigenvalue weighted by Gasteiger charge is -2.48. The summed E-state index contributed by atoms with van der Waals surface area (Å²) in [4.78, 5) is 5.37. The molecule has 27 heavy (non-hydrogen) atoms. The van der Waals surface area contributed by atoms with Crippen molar-refractivity contribution in [2.24, 2.45) is 5.92 Å². The van der Waals surface area contributed by atoms with Gasteiger partial charge in [0.25, 0.3) is 0 Å². The number of rotatable bonds is 7. The molecule has 3 rings (SSSR count). The first-order valence-electron chi connectivity index (χ1n) is 11.6. The SMILES string of the molecule is CCCC1CCN(C2CCC(c3ccc(CC)cc3CC)(N(C)C)CC2)C1. The summed E-state index contributed by atoms with van der Waals surface area (Å²) in [5.41, 5.74) is 4.90. The predicted molar refractivity (Wildman–Crippen MR) is 117 cm³/mol. The summed E-state index contributed by atoms with van der Waals surface area (Å²) >= 11 is 0. The Kier molecular flexibility index (Phi) is 7.03. The molecule has 2 nitrogen and oxygen atoms in total. The maximum atomic E-state index is 2.83. The van der Waals surface area contributed by atoms with Crippen LogP contribution in [0.3, 0.4) is 0 Å². The van der Waals surface area contributed by atoms with Gasteiger partial charge in [0.05, 0.1) is 0 Å². The van der Waals surface area contributed by atoms with Gasteiger partial charge in [0.2, 0.25) is 0 Å². The molecular weight excluding hydrogens is 328 g/mol. The number of benzene rings is 1. The Morgan fingerprint density at radius 3 is 2.37 bits per heavy atom. The molecule has 2 aliphatic rings. The number of aryl methyl sites for hydroxylation is 2. The zero-order chi connectivity index (χ0) is 19.4. The van der Waals surface area contributed by atoms with Crippen LogP contribution in [0.1, 0.15) is 82.4 Å². The van der Waals surface area contributed by atoms with E-state index < -0.39 is 0 Å². The van der Waals surface area contributed by atoms with Crippen LogP contribution in [0.5, 0.6) is 0 Å². The molecule has 0 aromatic heterocycles. The van der Waals surface area contributed by atoms with E-state index in [4.69, 9.17) is 0 Å². The van der Waals surface area contributed by atoms with Gasteiger partial charge in [-0.25, -0.2) is 0 Å². The molecule has 2 fully saturated rings. The first-order valence-corrected chi connectivity index (χ1v) is 11.6. The smallest absolute Gasteiger partial charge is 0.0458 e. The zero-order valence-corrected chi connectivity index (χ0v) is 18.6. The quantitative estimate of drug-likeness (QED) is 0.613. The summed E-state index contributed by atoms with van der Waals surface area (Å²) in [6.45, 7) is 9.63. The van der Waals surface area contributed by atoms with E-state index in [0.717, 1.165) is 24.8 Å². The van der Waals surface area contributed by atoms with Crippen LogP contribution in [0.2, 0.25) is 0 Å². The van der Waals surface area contributed by atoms with Gasteiger partial charge in [0.1, 0.15) is 0 Å². The van der Waals surface area contributed by atoms with Gasteiger partial charge in [-0.3, -0.25) is 4.90 Å². The summed E-state index contributed by atoms with van der Waals surface area (Å²) in [6, 6.07) is 8.13. The molecular formula is C25H42N2. The fourth-order valence-electron chi connectivity index (χ4n) is 5.85. The highest BCUT2D eigenvalue weighted by atomic mass is 15.2. The van der Waals surface area contributed by atoms with Crippen molar-refractivity contribution in [3.63, 3.8) is 0 Å². The van der Waals surface area contributed by atoms with Crippen LogP contribution in [0.15, 0.2) is 18.2 Å². The van der Waals surface area contributed by atoms with Crippen molar-refractivity contribution in [2.45, 2.75) is 90.1 Å². The lowest BCUT2D eigenvalue weighted by atomic mass is 9.71. The Hall–Kier alpha value is -0.860. The van der Waals surface area contributed by atoms with Crippen LogP contribution in [0.4, 0.5) is 0 Å². The number of likely N-dealkylation sites (tertiary alicyclic amines) is 1. The predicted octanol–water partition coefficient (Wildman–Crippen LogP) is 5.63. The molecule has 1 saturated heterocycles. The Bertz CT molecular complexity index is 598. The van der Waals surface area contributed by atoms with E-state index in [9.17, 15) is 0 Å². The molecule has 0 radical (unpaired) electrons. The average Bonchev–Trinajstić information content (AvgIpc) is 3.16. The van der Waals surface area contributed by atoms with Crippen molar-refractivity contribution in [3.8, 4) is 0 Å². The Morgan fingerprint density at radius 2 is 1.78 bits per heavy atom. The average molecular weight is 371 g/mol. The van der Waals surface area contributed by atoms with Crippen molar-refractivity contribution < 1.29 is 0 Å². The van der Waals surface area contributed by atoms with Gasteiger partial charge in [-0.05, 0) is 94.6 Å².